The molecular weight excluding hydrogens is 472 g/mol. The van der Waals surface area contributed by atoms with Crippen LogP contribution in [-0.4, -0.2) is 38.5 Å². The van der Waals surface area contributed by atoms with Gasteiger partial charge in [-0.15, -0.1) is 0 Å². The molecule has 2 amide bonds. The summed E-state index contributed by atoms with van der Waals surface area (Å²) in [4.78, 5) is 35.5. The largest absolute Gasteiger partial charge is 0.346 e. The Bertz CT molecular complexity index is 1290. The average Bonchev–Trinajstić information content (AvgIpc) is 3.47. The van der Waals surface area contributed by atoms with Crippen LogP contribution in [-0.2, 0) is 9.59 Å². The molecule has 32 heavy (non-hydrogen) atoms. The van der Waals surface area contributed by atoms with Gasteiger partial charge >= 0.3 is 0 Å². The van der Waals surface area contributed by atoms with Gasteiger partial charge in [0.05, 0.1) is 28.5 Å². The van der Waals surface area contributed by atoms with Crippen molar-refractivity contribution in [1.82, 2.24) is 25.5 Å². The number of rotatable bonds is 5. The summed E-state index contributed by atoms with van der Waals surface area (Å²) in [6, 6.07) is 13.2. The maximum atomic E-state index is 13.2. The predicted molar refractivity (Wildman–Crippen MR) is 126 cm³/mol. The summed E-state index contributed by atoms with van der Waals surface area (Å²) in [7, 11) is 0. The Hall–Kier alpha value is -3.20. The Morgan fingerprint density at radius 3 is 2.81 bits per heavy atom. The molecule has 9 heteroatoms. The first-order valence-corrected chi connectivity index (χ1v) is 11.4. The minimum absolute atomic E-state index is 0.105. The van der Waals surface area contributed by atoms with Crippen LogP contribution in [0.4, 0.5) is 5.82 Å². The van der Waals surface area contributed by atoms with Gasteiger partial charge in [0.1, 0.15) is 5.82 Å². The molecule has 3 heterocycles. The third-order valence-electron chi connectivity index (χ3n) is 5.92. The van der Waals surface area contributed by atoms with E-state index < -0.39 is 5.92 Å². The van der Waals surface area contributed by atoms with Gasteiger partial charge in [-0.25, -0.2) is 4.98 Å². The molecule has 1 aliphatic heterocycles. The van der Waals surface area contributed by atoms with Gasteiger partial charge in [0.2, 0.25) is 11.8 Å². The fourth-order valence-electron chi connectivity index (χ4n) is 4.21. The lowest BCUT2D eigenvalue weighted by atomic mass is 10.0. The lowest BCUT2D eigenvalue weighted by Gasteiger charge is -2.22. The van der Waals surface area contributed by atoms with E-state index in [4.69, 9.17) is 0 Å². The molecule has 0 spiro atoms. The SMILES string of the molecule is CC(C)[C@@H](NC(=O)[C@@H]1CC(=O)N(c2n[nH]c3cc(Br)ccc23)C1)c1nc2ccccc2[nH]1. The highest BCUT2D eigenvalue weighted by Gasteiger charge is 2.38. The second-order valence-corrected chi connectivity index (χ2v) is 9.43. The second-order valence-electron chi connectivity index (χ2n) is 8.51. The van der Waals surface area contributed by atoms with E-state index in [1.54, 1.807) is 4.90 Å². The zero-order chi connectivity index (χ0) is 22.4. The first kappa shape index (κ1) is 20.7. The Labute approximate surface area is 192 Å². The van der Waals surface area contributed by atoms with Crippen LogP contribution in [0.5, 0.6) is 0 Å². The molecule has 0 aliphatic carbocycles. The Balaban J connectivity index is 1.35. The minimum Gasteiger partial charge on any atom is -0.346 e. The molecule has 1 aliphatic rings. The number of halogens is 1. The molecule has 2 aromatic heterocycles. The van der Waals surface area contributed by atoms with Crippen molar-refractivity contribution in [3.63, 3.8) is 0 Å². The highest BCUT2D eigenvalue weighted by atomic mass is 79.9. The van der Waals surface area contributed by atoms with Crippen molar-refractivity contribution >= 4 is 55.5 Å². The summed E-state index contributed by atoms with van der Waals surface area (Å²) in [6.45, 7) is 4.38. The van der Waals surface area contributed by atoms with Crippen molar-refractivity contribution in [2.75, 3.05) is 11.4 Å². The number of benzene rings is 2. The van der Waals surface area contributed by atoms with Gasteiger partial charge in [-0.2, -0.15) is 5.10 Å². The molecule has 2 atom stereocenters. The van der Waals surface area contributed by atoms with Crippen LogP contribution in [0.1, 0.15) is 32.1 Å². The lowest BCUT2D eigenvalue weighted by Crippen LogP contribution is -2.38. The standard InChI is InChI=1S/C23H23BrN6O2/c1-12(2)20(21-25-16-5-3-4-6-17(16)26-21)27-23(32)13-9-19(31)30(11-13)22-15-8-7-14(24)10-18(15)28-29-22/h3-8,10,12-13,20H,9,11H2,1-2H3,(H,25,26)(H,27,32)(H,28,29)/t13-,20-/m1/s1. The summed E-state index contributed by atoms with van der Waals surface area (Å²) < 4.78 is 0.926. The maximum Gasteiger partial charge on any atom is 0.229 e. The molecule has 5 rings (SSSR count). The van der Waals surface area contributed by atoms with Crippen LogP contribution in [0.25, 0.3) is 21.9 Å². The van der Waals surface area contributed by atoms with Crippen molar-refractivity contribution in [3.05, 3.63) is 52.8 Å². The van der Waals surface area contributed by atoms with Crippen molar-refractivity contribution < 1.29 is 9.59 Å². The molecule has 1 saturated heterocycles. The maximum absolute atomic E-state index is 13.2. The van der Waals surface area contributed by atoms with Gasteiger partial charge in [0.25, 0.3) is 0 Å². The van der Waals surface area contributed by atoms with Gasteiger partial charge in [-0.1, -0.05) is 41.9 Å². The van der Waals surface area contributed by atoms with Gasteiger partial charge in [0.15, 0.2) is 5.82 Å². The number of hydrogen-bond donors (Lipinski definition) is 3. The van der Waals surface area contributed by atoms with Crippen LogP contribution in [0.2, 0.25) is 0 Å². The fourth-order valence-corrected chi connectivity index (χ4v) is 4.57. The predicted octanol–water partition coefficient (Wildman–Crippen LogP) is 4.07. The van der Waals surface area contributed by atoms with Crippen LogP contribution in [0.3, 0.4) is 0 Å². The monoisotopic (exact) mass is 494 g/mol. The first-order chi connectivity index (χ1) is 15.4. The van der Waals surface area contributed by atoms with E-state index in [1.807, 2.05) is 56.3 Å². The highest BCUT2D eigenvalue weighted by molar-refractivity contribution is 9.10. The third kappa shape index (κ3) is 3.66. The summed E-state index contributed by atoms with van der Waals surface area (Å²) in [5.41, 5.74) is 2.63. The van der Waals surface area contributed by atoms with E-state index in [-0.39, 0.29) is 30.2 Å². The first-order valence-electron chi connectivity index (χ1n) is 10.6. The van der Waals surface area contributed by atoms with E-state index in [0.717, 1.165) is 32.2 Å². The zero-order valence-electron chi connectivity index (χ0n) is 17.7. The van der Waals surface area contributed by atoms with Crippen molar-refractivity contribution in [1.29, 1.82) is 0 Å². The number of nitrogens with zero attached hydrogens (tertiary/aromatic N) is 3. The van der Waals surface area contributed by atoms with Crippen LogP contribution < -0.4 is 10.2 Å². The number of para-hydroxylation sites is 2. The number of aromatic amines is 2. The van der Waals surface area contributed by atoms with Gasteiger partial charge < -0.3 is 10.3 Å². The Morgan fingerprint density at radius 1 is 1.22 bits per heavy atom. The fraction of sp³-hybridized carbons (Fsp3) is 0.304. The van der Waals surface area contributed by atoms with E-state index in [1.165, 1.54) is 0 Å². The number of aromatic nitrogens is 4. The molecule has 8 nitrogen and oxygen atoms in total. The van der Waals surface area contributed by atoms with E-state index in [9.17, 15) is 9.59 Å². The molecule has 2 aromatic carbocycles. The van der Waals surface area contributed by atoms with Crippen molar-refractivity contribution in [2.24, 2.45) is 11.8 Å². The molecule has 4 aromatic rings. The highest BCUT2D eigenvalue weighted by Crippen LogP contribution is 2.32. The average molecular weight is 495 g/mol. The lowest BCUT2D eigenvalue weighted by molar-refractivity contribution is -0.127. The van der Waals surface area contributed by atoms with E-state index in [2.05, 4.69) is 41.4 Å². The summed E-state index contributed by atoms with van der Waals surface area (Å²) in [5, 5.41) is 11.3. The number of nitrogens with one attached hydrogen (secondary N) is 3. The number of amides is 2. The number of anilines is 1. The summed E-state index contributed by atoms with van der Waals surface area (Å²) >= 11 is 3.44. The topological polar surface area (TPSA) is 107 Å². The minimum atomic E-state index is -0.449. The number of carbonyl (C=O) groups excluding carboxylic acids is 2. The smallest absolute Gasteiger partial charge is 0.229 e. The van der Waals surface area contributed by atoms with Gasteiger partial charge in [-0.3, -0.25) is 19.6 Å². The number of carbonyl (C=O) groups is 2. The summed E-state index contributed by atoms with van der Waals surface area (Å²) in [6.07, 6.45) is 0.154. The molecular formula is C23H23BrN6O2. The number of hydrogen-bond acceptors (Lipinski definition) is 4. The van der Waals surface area contributed by atoms with Crippen molar-refractivity contribution in [2.45, 2.75) is 26.3 Å². The zero-order valence-corrected chi connectivity index (χ0v) is 19.3. The van der Waals surface area contributed by atoms with E-state index in [0.29, 0.717) is 12.4 Å². The molecule has 3 N–H and O–H groups in total. The second kappa shape index (κ2) is 8.05. The van der Waals surface area contributed by atoms with E-state index >= 15 is 0 Å². The van der Waals surface area contributed by atoms with Gasteiger partial charge in [-0.05, 0) is 36.2 Å². The molecule has 1 fully saturated rings. The van der Waals surface area contributed by atoms with Crippen LogP contribution in [0, 0.1) is 11.8 Å². The van der Waals surface area contributed by atoms with Crippen LogP contribution >= 0.6 is 15.9 Å². The Kier molecular flexibility index (Phi) is 5.21. The van der Waals surface area contributed by atoms with Gasteiger partial charge in [0, 0.05) is 22.8 Å². The molecule has 164 valence electrons. The Morgan fingerprint density at radius 2 is 2.03 bits per heavy atom. The molecule has 0 radical (unpaired) electrons. The number of imidazole rings is 1. The molecule has 0 saturated carbocycles. The summed E-state index contributed by atoms with van der Waals surface area (Å²) in [5.74, 6) is 0.704. The molecule has 0 unspecified atom stereocenters. The quantitative estimate of drug-likeness (QED) is 0.388. The third-order valence-corrected chi connectivity index (χ3v) is 6.42. The van der Waals surface area contributed by atoms with Crippen molar-refractivity contribution in [3.8, 4) is 0 Å². The molecule has 0 bridgehead atoms. The normalized spacial score (nSPS) is 17.6. The number of H-pyrrole nitrogens is 2. The number of fused-ring (bicyclic) bond motifs is 2. The van der Waals surface area contributed by atoms with Crippen LogP contribution in [0.15, 0.2) is 46.9 Å².